The first-order valence-corrected chi connectivity index (χ1v) is 8.91. The summed E-state index contributed by atoms with van der Waals surface area (Å²) in [5, 5.41) is 0. The minimum atomic E-state index is -0.879. The highest BCUT2D eigenvalue weighted by atomic mass is 16.8. The van der Waals surface area contributed by atoms with E-state index in [2.05, 4.69) is 0 Å². The number of hydrogen-bond donors (Lipinski definition) is 0. The molecule has 2 saturated heterocycles. The van der Waals surface area contributed by atoms with E-state index in [-0.39, 0.29) is 6.54 Å². The van der Waals surface area contributed by atoms with Gasteiger partial charge in [0, 0.05) is 0 Å². The highest BCUT2D eigenvalue weighted by molar-refractivity contribution is 5.96. The van der Waals surface area contributed by atoms with E-state index in [0.717, 1.165) is 11.1 Å². The normalized spacial score (nSPS) is 27.0. The summed E-state index contributed by atoms with van der Waals surface area (Å²) in [4.78, 5) is 26.3. The van der Waals surface area contributed by atoms with E-state index in [1.54, 1.807) is 13.8 Å². The molecule has 0 spiro atoms. The van der Waals surface area contributed by atoms with Crippen LogP contribution in [0.1, 0.15) is 31.1 Å². The Labute approximate surface area is 157 Å². The van der Waals surface area contributed by atoms with E-state index in [0.29, 0.717) is 0 Å². The summed E-state index contributed by atoms with van der Waals surface area (Å²) in [7, 11) is 0. The van der Waals surface area contributed by atoms with Crippen LogP contribution in [0.2, 0.25) is 0 Å². The molecule has 2 fully saturated rings. The molecule has 2 aromatic carbocycles. The molecule has 0 unspecified atom stereocenters. The number of rotatable bonds is 4. The first-order valence-electron chi connectivity index (χ1n) is 8.91. The molecule has 3 atom stereocenters. The summed E-state index contributed by atoms with van der Waals surface area (Å²) in [6, 6.07) is 18.2. The maximum Gasteiger partial charge on any atom is 0.418 e. The van der Waals surface area contributed by atoms with Gasteiger partial charge in [-0.25, -0.2) is 9.59 Å². The number of benzene rings is 2. The average molecular weight is 367 g/mol. The van der Waals surface area contributed by atoms with Crippen molar-refractivity contribution in [2.24, 2.45) is 0 Å². The standard InChI is InChI=1S/C21H21NO5/c1-21(2)26-17(15-11-7-4-8-12-15)18(27-21)16-19(23)25-20(24)22(16)13-14-9-5-3-6-10-14/h3-12,16-18H,13H2,1-2H3/t16-,17+,18+/m0/s1. The summed E-state index contributed by atoms with van der Waals surface area (Å²) in [5.41, 5.74) is 1.79. The third kappa shape index (κ3) is 3.46. The number of nitrogens with zero attached hydrogens (tertiary/aromatic N) is 1. The van der Waals surface area contributed by atoms with Gasteiger partial charge in [0.1, 0.15) is 12.2 Å². The topological polar surface area (TPSA) is 65.1 Å². The van der Waals surface area contributed by atoms with E-state index >= 15 is 0 Å². The lowest BCUT2D eigenvalue weighted by molar-refractivity contribution is -0.155. The SMILES string of the molecule is CC1(C)O[C@H]([C@H]2C(=O)OC(=O)N2Cc2ccccc2)[C@@H](c2ccccc2)O1. The fraction of sp³-hybridized carbons (Fsp3) is 0.333. The molecule has 2 aromatic rings. The molecule has 27 heavy (non-hydrogen) atoms. The largest absolute Gasteiger partial charge is 0.418 e. The van der Waals surface area contributed by atoms with Crippen LogP contribution in [-0.4, -0.2) is 34.9 Å². The molecule has 6 heteroatoms. The Balaban J connectivity index is 1.67. The Morgan fingerprint density at radius 1 is 0.926 bits per heavy atom. The number of cyclic esters (lactones) is 2. The van der Waals surface area contributed by atoms with Crippen LogP contribution < -0.4 is 0 Å². The fourth-order valence-corrected chi connectivity index (χ4v) is 3.62. The van der Waals surface area contributed by atoms with E-state index in [4.69, 9.17) is 14.2 Å². The van der Waals surface area contributed by atoms with Gasteiger partial charge in [-0.05, 0) is 25.0 Å². The molecular weight excluding hydrogens is 346 g/mol. The second-order valence-electron chi connectivity index (χ2n) is 7.18. The van der Waals surface area contributed by atoms with Crippen LogP contribution in [0.5, 0.6) is 0 Å². The molecule has 0 aromatic heterocycles. The Kier molecular flexibility index (Phi) is 4.45. The maximum absolute atomic E-state index is 12.5. The van der Waals surface area contributed by atoms with Crippen molar-refractivity contribution in [1.29, 1.82) is 0 Å². The van der Waals surface area contributed by atoms with Gasteiger partial charge < -0.3 is 14.2 Å². The van der Waals surface area contributed by atoms with Crippen molar-refractivity contribution < 1.29 is 23.8 Å². The van der Waals surface area contributed by atoms with E-state index in [1.807, 2.05) is 60.7 Å². The van der Waals surface area contributed by atoms with E-state index < -0.39 is 36.1 Å². The summed E-state index contributed by atoms with van der Waals surface area (Å²) < 4.78 is 17.1. The van der Waals surface area contributed by atoms with Crippen LogP contribution in [0.3, 0.4) is 0 Å². The third-order valence-electron chi connectivity index (χ3n) is 4.76. The molecule has 140 valence electrons. The zero-order valence-electron chi connectivity index (χ0n) is 15.2. The third-order valence-corrected chi connectivity index (χ3v) is 4.76. The van der Waals surface area contributed by atoms with Crippen molar-refractivity contribution in [2.45, 2.75) is 44.4 Å². The Bertz CT molecular complexity index is 836. The quantitative estimate of drug-likeness (QED) is 0.612. The first kappa shape index (κ1) is 17.7. The van der Waals surface area contributed by atoms with E-state index in [1.165, 1.54) is 4.90 Å². The average Bonchev–Trinajstić information content (AvgIpc) is 3.11. The van der Waals surface area contributed by atoms with Gasteiger partial charge in [0.25, 0.3) is 0 Å². The number of carbonyl (C=O) groups excluding carboxylic acids is 2. The van der Waals surface area contributed by atoms with Gasteiger partial charge in [0.15, 0.2) is 11.8 Å². The predicted molar refractivity (Wildman–Crippen MR) is 96.5 cm³/mol. The predicted octanol–water partition coefficient (Wildman–Crippen LogP) is 3.43. The monoisotopic (exact) mass is 367 g/mol. The molecule has 2 aliphatic heterocycles. The van der Waals surface area contributed by atoms with E-state index in [9.17, 15) is 9.59 Å². The van der Waals surface area contributed by atoms with Crippen LogP contribution >= 0.6 is 0 Å². The summed E-state index contributed by atoms with van der Waals surface area (Å²) >= 11 is 0. The lowest BCUT2D eigenvalue weighted by Gasteiger charge is -2.27. The molecule has 6 nitrogen and oxygen atoms in total. The van der Waals surface area contributed by atoms with Crippen LogP contribution in [0.25, 0.3) is 0 Å². The number of hydrogen-bond acceptors (Lipinski definition) is 5. The maximum atomic E-state index is 12.5. The highest BCUT2D eigenvalue weighted by Gasteiger charge is 2.55. The van der Waals surface area contributed by atoms with Crippen molar-refractivity contribution in [3.8, 4) is 0 Å². The van der Waals surface area contributed by atoms with Crippen LogP contribution in [0.15, 0.2) is 60.7 Å². The van der Waals surface area contributed by atoms with Crippen molar-refractivity contribution in [3.63, 3.8) is 0 Å². The van der Waals surface area contributed by atoms with Crippen LogP contribution in [0, 0.1) is 0 Å². The second kappa shape index (κ2) is 6.79. The molecule has 2 aliphatic rings. The van der Waals surface area contributed by atoms with Gasteiger partial charge in [-0.3, -0.25) is 4.90 Å². The lowest BCUT2D eigenvalue weighted by Crippen LogP contribution is -2.46. The summed E-state index contributed by atoms with van der Waals surface area (Å²) in [6.07, 6.45) is -1.80. The van der Waals surface area contributed by atoms with Gasteiger partial charge in [-0.1, -0.05) is 60.7 Å². The fourth-order valence-electron chi connectivity index (χ4n) is 3.62. The second-order valence-corrected chi connectivity index (χ2v) is 7.18. The Hall–Kier alpha value is -2.70. The molecule has 0 saturated carbocycles. The minimum absolute atomic E-state index is 0.262. The van der Waals surface area contributed by atoms with Crippen LogP contribution in [0.4, 0.5) is 4.79 Å². The molecule has 2 heterocycles. The van der Waals surface area contributed by atoms with Crippen molar-refractivity contribution >= 4 is 12.1 Å². The lowest BCUT2D eigenvalue weighted by atomic mass is 9.98. The van der Waals surface area contributed by atoms with Gasteiger partial charge in [0.05, 0.1) is 6.54 Å². The number of esters is 1. The molecule has 0 bridgehead atoms. The molecule has 0 N–H and O–H groups in total. The summed E-state index contributed by atoms with van der Waals surface area (Å²) in [5.74, 6) is -1.49. The minimum Gasteiger partial charge on any atom is -0.374 e. The van der Waals surface area contributed by atoms with Gasteiger partial charge in [0.2, 0.25) is 0 Å². The van der Waals surface area contributed by atoms with Crippen molar-refractivity contribution in [3.05, 3.63) is 71.8 Å². The van der Waals surface area contributed by atoms with Crippen molar-refractivity contribution in [2.75, 3.05) is 0 Å². The molecule has 0 aliphatic carbocycles. The first-order chi connectivity index (χ1) is 12.9. The Morgan fingerprint density at radius 2 is 1.56 bits per heavy atom. The zero-order chi connectivity index (χ0) is 19.0. The number of ether oxygens (including phenoxy) is 3. The van der Waals surface area contributed by atoms with Gasteiger partial charge >= 0.3 is 12.1 Å². The van der Waals surface area contributed by atoms with Crippen LogP contribution in [-0.2, 0) is 25.5 Å². The number of amides is 1. The molecule has 1 amide bonds. The molecule has 0 radical (unpaired) electrons. The molecular formula is C21H21NO5. The highest BCUT2D eigenvalue weighted by Crippen LogP contribution is 2.42. The smallest absolute Gasteiger partial charge is 0.374 e. The number of carbonyl (C=O) groups is 2. The van der Waals surface area contributed by atoms with Gasteiger partial charge in [-0.2, -0.15) is 0 Å². The van der Waals surface area contributed by atoms with Crippen molar-refractivity contribution in [1.82, 2.24) is 4.90 Å². The van der Waals surface area contributed by atoms with Gasteiger partial charge in [-0.15, -0.1) is 0 Å². The molecule has 4 rings (SSSR count). The summed E-state index contributed by atoms with van der Waals surface area (Å²) in [6.45, 7) is 3.86. The zero-order valence-corrected chi connectivity index (χ0v) is 15.2. The Morgan fingerprint density at radius 3 is 2.22 bits per heavy atom.